The average molecular weight is 460 g/mol. The van der Waals surface area contributed by atoms with Crippen LogP contribution in [0.15, 0.2) is 140 Å². The van der Waals surface area contributed by atoms with E-state index in [2.05, 4.69) is 146 Å². The Morgan fingerprint density at radius 1 is 0.333 bits per heavy atom. The third kappa shape index (κ3) is 4.69. The molecule has 0 amide bonds. The van der Waals surface area contributed by atoms with Crippen LogP contribution >= 0.6 is 15.8 Å². The quantitative estimate of drug-likeness (QED) is 0.293. The maximum absolute atomic E-state index is 2.34. The van der Waals surface area contributed by atoms with E-state index in [9.17, 15) is 0 Å². The molecule has 33 heavy (non-hydrogen) atoms. The number of benzene rings is 5. The van der Waals surface area contributed by atoms with Gasteiger partial charge < -0.3 is 0 Å². The Bertz CT molecular complexity index is 1120. The molecule has 0 N–H and O–H groups in total. The summed E-state index contributed by atoms with van der Waals surface area (Å²) in [5, 5.41) is 8.45. The summed E-state index contributed by atoms with van der Waals surface area (Å²) in [5.74, 6) is 0. The predicted molar refractivity (Wildman–Crippen MR) is 149 cm³/mol. The van der Waals surface area contributed by atoms with E-state index in [1.54, 1.807) is 0 Å². The van der Waals surface area contributed by atoms with Crippen LogP contribution < -0.4 is 31.8 Å². The fraction of sp³-hybridized carbons (Fsp3) is 0.0323. The van der Waals surface area contributed by atoms with Crippen molar-refractivity contribution < 1.29 is 0 Å². The highest BCUT2D eigenvalue weighted by Gasteiger charge is 2.23. The Balaban J connectivity index is 1.70. The van der Waals surface area contributed by atoms with Crippen LogP contribution in [0, 0.1) is 6.92 Å². The number of rotatable bonds is 6. The normalized spacial score (nSPS) is 11.1. The molecule has 5 aromatic carbocycles. The van der Waals surface area contributed by atoms with E-state index in [0.717, 1.165) is 0 Å². The predicted octanol–water partition coefficient (Wildman–Crippen LogP) is 5.51. The van der Waals surface area contributed by atoms with Crippen molar-refractivity contribution in [3.05, 3.63) is 145 Å². The first-order chi connectivity index (χ1) is 16.3. The molecular formula is C31H26P2. The zero-order valence-electron chi connectivity index (χ0n) is 18.7. The first-order valence-corrected chi connectivity index (χ1v) is 13.9. The minimum absolute atomic E-state index is 0.635. The van der Waals surface area contributed by atoms with Crippen LogP contribution in [0.2, 0.25) is 0 Å². The Hall–Kier alpha value is -3.04. The van der Waals surface area contributed by atoms with Crippen molar-refractivity contribution in [3.8, 4) is 0 Å². The highest BCUT2D eigenvalue weighted by molar-refractivity contribution is 7.81. The van der Waals surface area contributed by atoms with Gasteiger partial charge in [0.2, 0.25) is 0 Å². The summed E-state index contributed by atoms with van der Waals surface area (Å²) in [6.07, 6.45) is 0. The van der Waals surface area contributed by atoms with Crippen LogP contribution in [0.3, 0.4) is 0 Å². The molecule has 0 saturated heterocycles. The average Bonchev–Trinajstić information content (AvgIpc) is 2.89. The molecule has 0 aliphatic carbocycles. The molecule has 5 aromatic rings. The molecule has 0 bridgehead atoms. The zero-order valence-corrected chi connectivity index (χ0v) is 20.5. The van der Waals surface area contributed by atoms with E-state index in [0.29, 0.717) is 0 Å². The molecule has 0 fully saturated rings. The lowest BCUT2D eigenvalue weighted by molar-refractivity contribution is 1.56. The number of hydrogen-bond acceptors (Lipinski definition) is 0. The third-order valence-electron chi connectivity index (χ3n) is 5.82. The van der Waals surface area contributed by atoms with E-state index < -0.39 is 15.8 Å². The van der Waals surface area contributed by atoms with Gasteiger partial charge in [-0.05, 0) is 60.2 Å². The van der Waals surface area contributed by atoms with Crippen LogP contribution in [0.4, 0.5) is 0 Å². The second-order valence-corrected chi connectivity index (χ2v) is 12.3. The molecule has 0 nitrogen and oxygen atoms in total. The summed E-state index contributed by atoms with van der Waals surface area (Å²) < 4.78 is 0. The molecule has 5 rings (SSSR count). The van der Waals surface area contributed by atoms with E-state index in [-0.39, 0.29) is 0 Å². The topological polar surface area (TPSA) is 0 Å². The van der Waals surface area contributed by atoms with Crippen molar-refractivity contribution >= 4 is 47.7 Å². The Kier molecular flexibility index (Phi) is 6.78. The monoisotopic (exact) mass is 460 g/mol. The second-order valence-electron chi connectivity index (χ2n) is 7.93. The van der Waals surface area contributed by atoms with Crippen LogP contribution in [-0.2, 0) is 0 Å². The molecule has 0 spiro atoms. The van der Waals surface area contributed by atoms with Gasteiger partial charge in [-0.15, -0.1) is 0 Å². The van der Waals surface area contributed by atoms with Gasteiger partial charge in [-0.1, -0.05) is 140 Å². The number of hydrogen-bond donors (Lipinski definition) is 0. The van der Waals surface area contributed by atoms with Gasteiger partial charge >= 0.3 is 0 Å². The van der Waals surface area contributed by atoms with E-state index in [1.165, 1.54) is 37.4 Å². The summed E-state index contributed by atoms with van der Waals surface area (Å²) in [6, 6.07) is 50.9. The summed E-state index contributed by atoms with van der Waals surface area (Å²) in [4.78, 5) is 0. The molecule has 2 heteroatoms. The van der Waals surface area contributed by atoms with Gasteiger partial charge in [0, 0.05) is 0 Å². The van der Waals surface area contributed by atoms with Crippen LogP contribution in [0.25, 0.3) is 0 Å². The Labute approximate surface area is 199 Å². The summed E-state index contributed by atoms with van der Waals surface area (Å²) in [7, 11) is -1.27. The van der Waals surface area contributed by atoms with Gasteiger partial charge in [0.05, 0.1) is 0 Å². The highest BCUT2D eigenvalue weighted by atomic mass is 31.1. The van der Waals surface area contributed by atoms with Crippen LogP contribution in [0.1, 0.15) is 5.56 Å². The first kappa shape index (κ1) is 21.8. The molecule has 0 aliphatic rings. The lowest BCUT2D eigenvalue weighted by atomic mass is 10.2. The largest absolute Gasteiger partial charge is 0.0622 e. The van der Waals surface area contributed by atoms with Crippen molar-refractivity contribution in [2.75, 3.05) is 0 Å². The SMILES string of the molecule is Cc1c(P(c2ccccc2)c2ccccc2)cccc1P(c1ccccc1)c1ccccc1. The molecule has 0 aliphatic heterocycles. The highest BCUT2D eigenvalue weighted by Crippen LogP contribution is 2.38. The standard InChI is InChI=1S/C31H26P2/c1-25-30(32(26-15-6-2-7-16-26)27-17-8-3-9-18-27)23-14-24-31(25)33(28-19-10-4-11-20-28)29-21-12-5-13-22-29/h2-24H,1H3. The molecule has 0 heterocycles. The minimum atomic E-state index is -0.635. The molecule has 0 radical (unpaired) electrons. The van der Waals surface area contributed by atoms with Crippen LogP contribution in [-0.4, -0.2) is 0 Å². The van der Waals surface area contributed by atoms with Crippen molar-refractivity contribution in [3.63, 3.8) is 0 Å². The maximum atomic E-state index is 2.34. The second kappa shape index (κ2) is 10.3. The zero-order chi connectivity index (χ0) is 22.5. The molecule has 160 valence electrons. The fourth-order valence-electron chi connectivity index (χ4n) is 4.26. The lowest BCUT2D eigenvalue weighted by Gasteiger charge is -2.26. The van der Waals surface area contributed by atoms with Gasteiger partial charge in [-0.25, -0.2) is 0 Å². The smallest absolute Gasteiger partial charge is 0.0115 e. The summed E-state index contributed by atoms with van der Waals surface area (Å²) in [5.41, 5.74) is 1.41. The summed E-state index contributed by atoms with van der Waals surface area (Å²) >= 11 is 0. The lowest BCUT2D eigenvalue weighted by Crippen LogP contribution is -2.29. The van der Waals surface area contributed by atoms with Gasteiger partial charge in [-0.3, -0.25) is 0 Å². The Morgan fingerprint density at radius 3 is 0.879 bits per heavy atom. The Morgan fingerprint density at radius 2 is 0.606 bits per heavy atom. The van der Waals surface area contributed by atoms with Crippen molar-refractivity contribution in [2.45, 2.75) is 6.92 Å². The summed E-state index contributed by atoms with van der Waals surface area (Å²) in [6.45, 7) is 2.33. The van der Waals surface area contributed by atoms with Gasteiger partial charge in [-0.2, -0.15) is 0 Å². The minimum Gasteiger partial charge on any atom is -0.0622 e. The molecular weight excluding hydrogens is 434 g/mol. The van der Waals surface area contributed by atoms with E-state index >= 15 is 0 Å². The van der Waals surface area contributed by atoms with Gasteiger partial charge in [0.25, 0.3) is 0 Å². The van der Waals surface area contributed by atoms with Gasteiger partial charge in [0.1, 0.15) is 0 Å². The maximum Gasteiger partial charge on any atom is -0.0115 e. The van der Waals surface area contributed by atoms with Crippen molar-refractivity contribution in [1.82, 2.24) is 0 Å². The molecule has 0 aromatic heterocycles. The van der Waals surface area contributed by atoms with Gasteiger partial charge in [0.15, 0.2) is 0 Å². The third-order valence-corrected chi connectivity index (χ3v) is 11.0. The van der Waals surface area contributed by atoms with Crippen molar-refractivity contribution in [1.29, 1.82) is 0 Å². The van der Waals surface area contributed by atoms with E-state index in [4.69, 9.17) is 0 Å². The van der Waals surface area contributed by atoms with Crippen molar-refractivity contribution in [2.24, 2.45) is 0 Å². The molecule has 0 saturated carbocycles. The van der Waals surface area contributed by atoms with E-state index in [1.807, 2.05) is 0 Å². The fourth-order valence-corrected chi connectivity index (χ4v) is 9.32. The first-order valence-electron chi connectivity index (χ1n) is 11.2. The molecule has 0 atom stereocenters. The molecule has 0 unspecified atom stereocenters. The van der Waals surface area contributed by atoms with Crippen LogP contribution in [0.5, 0.6) is 0 Å².